The first-order valence-electron chi connectivity index (χ1n) is 2.26. The Balaban J connectivity index is 4.04. The van der Waals surface area contributed by atoms with Crippen LogP contribution in [0, 0.1) is 0 Å². The predicted octanol–water partition coefficient (Wildman–Crippen LogP) is 1.49. The average molecular weight is 140 g/mol. The molecule has 0 spiro atoms. The molecule has 0 heterocycles. The molecule has 1 atom stereocenters. The highest BCUT2D eigenvalue weighted by molar-refractivity contribution is 5.00. The van der Waals surface area contributed by atoms with Gasteiger partial charge in [0.1, 0.15) is 0 Å². The molecule has 54 valence electrons. The third-order valence-electron chi connectivity index (χ3n) is 0.777. The van der Waals surface area contributed by atoms with E-state index in [2.05, 4.69) is 6.58 Å². The van der Waals surface area contributed by atoms with Gasteiger partial charge in [0.05, 0.1) is 0 Å². The molecule has 0 aliphatic heterocycles. The molecule has 0 bridgehead atoms. The minimum absolute atomic E-state index is 0.289. The minimum atomic E-state index is -4.56. The van der Waals surface area contributed by atoms with Crippen LogP contribution in [0.1, 0.15) is 6.92 Å². The molecule has 0 aliphatic carbocycles. The largest absolute Gasteiger partial charge is 0.418 e. The Kier molecular flexibility index (Phi) is 2.25. The van der Waals surface area contributed by atoms with Gasteiger partial charge < -0.3 is 5.11 Å². The maximum Gasteiger partial charge on any atom is 0.418 e. The molecule has 0 aromatic heterocycles. The zero-order valence-corrected chi connectivity index (χ0v) is 4.87. The summed E-state index contributed by atoms with van der Waals surface area (Å²) in [4.78, 5) is 0. The number of aliphatic hydroxyl groups is 1. The number of halogens is 3. The van der Waals surface area contributed by atoms with E-state index in [0.29, 0.717) is 0 Å². The Morgan fingerprint density at radius 3 is 1.89 bits per heavy atom. The summed E-state index contributed by atoms with van der Waals surface area (Å²) in [5.74, 6) is 0. The molecule has 0 unspecified atom stereocenters. The van der Waals surface area contributed by atoms with Crippen LogP contribution in [0.25, 0.3) is 0 Å². The lowest BCUT2D eigenvalue weighted by atomic mass is 10.2. The van der Waals surface area contributed by atoms with Crippen molar-refractivity contribution in [3.05, 3.63) is 12.2 Å². The van der Waals surface area contributed by atoms with Gasteiger partial charge in [-0.3, -0.25) is 0 Å². The third-order valence-corrected chi connectivity index (χ3v) is 0.777. The van der Waals surface area contributed by atoms with Crippen molar-refractivity contribution >= 4 is 0 Å². The third kappa shape index (κ3) is 2.51. The lowest BCUT2D eigenvalue weighted by molar-refractivity contribution is -0.191. The Morgan fingerprint density at radius 1 is 1.56 bits per heavy atom. The summed E-state index contributed by atoms with van der Waals surface area (Å²) in [5.41, 5.74) is -0.289. The monoisotopic (exact) mass is 140 g/mol. The average Bonchev–Trinajstić information content (AvgIpc) is 1.62. The highest BCUT2D eigenvalue weighted by Crippen LogP contribution is 2.23. The molecule has 0 fully saturated rings. The second-order valence-corrected chi connectivity index (χ2v) is 1.79. The molecule has 0 saturated carbocycles. The van der Waals surface area contributed by atoms with Crippen molar-refractivity contribution in [1.82, 2.24) is 0 Å². The van der Waals surface area contributed by atoms with Gasteiger partial charge in [-0.1, -0.05) is 6.58 Å². The van der Waals surface area contributed by atoms with Gasteiger partial charge in [-0.15, -0.1) is 0 Å². The number of rotatable bonds is 1. The van der Waals surface area contributed by atoms with Gasteiger partial charge in [0, 0.05) is 0 Å². The van der Waals surface area contributed by atoms with Crippen molar-refractivity contribution in [1.29, 1.82) is 0 Å². The molecular formula is C5H7F3O. The Morgan fingerprint density at radius 2 is 1.89 bits per heavy atom. The molecule has 1 N–H and O–H groups in total. The van der Waals surface area contributed by atoms with Gasteiger partial charge in [-0.25, -0.2) is 0 Å². The Labute approximate surface area is 50.8 Å². The molecule has 0 amide bonds. The van der Waals surface area contributed by atoms with E-state index in [0.717, 1.165) is 6.92 Å². The summed E-state index contributed by atoms with van der Waals surface area (Å²) in [6, 6.07) is 0. The zero-order valence-electron chi connectivity index (χ0n) is 4.87. The Hall–Kier alpha value is -0.510. The van der Waals surface area contributed by atoms with Crippen molar-refractivity contribution in [2.75, 3.05) is 0 Å². The fraction of sp³-hybridized carbons (Fsp3) is 0.600. The van der Waals surface area contributed by atoms with Crippen molar-refractivity contribution in [3.8, 4) is 0 Å². The summed E-state index contributed by atoms with van der Waals surface area (Å²) >= 11 is 0. The normalized spacial score (nSPS) is 15.2. The van der Waals surface area contributed by atoms with E-state index < -0.39 is 12.3 Å². The molecule has 4 heteroatoms. The lowest BCUT2D eigenvalue weighted by Gasteiger charge is -2.13. The summed E-state index contributed by atoms with van der Waals surface area (Å²) in [6.07, 6.45) is -6.94. The van der Waals surface area contributed by atoms with E-state index in [1.165, 1.54) is 0 Å². The number of aliphatic hydroxyl groups excluding tert-OH is 1. The molecular weight excluding hydrogens is 133 g/mol. The molecule has 0 aromatic rings. The van der Waals surface area contributed by atoms with Crippen LogP contribution < -0.4 is 0 Å². The van der Waals surface area contributed by atoms with Gasteiger partial charge in [-0.2, -0.15) is 13.2 Å². The second-order valence-electron chi connectivity index (χ2n) is 1.79. The van der Waals surface area contributed by atoms with Crippen LogP contribution >= 0.6 is 0 Å². The van der Waals surface area contributed by atoms with E-state index in [4.69, 9.17) is 5.11 Å². The van der Waals surface area contributed by atoms with Crippen molar-refractivity contribution in [2.45, 2.75) is 19.2 Å². The lowest BCUT2D eigenvalue weighted by Crippen LogP contribution is -2.28. The SMILES string of the molecule is C=C(C)[C@H](O)C(F)(F)F. The van der Waals surface area contributed by atoms with Crippen LogP contribution in [0.2, 0.25) is 0 Å². The first kappa shape index (κ1) is 8.49. The number of hydrogen-bond acceptors (Lipinski definition) is 1. The standard InChI is InChI=1S/C5H7F3O/c1-3(2)4(9)5(6,7)8/h4,9H,1H2,2H3/t4-/m0/s1. The van der Waals surface area contributed by atoms with E-state index in [1.54, 1.807) is 0 Å². The van der Waals surface area contributed by atoms with Crippen LogP contribution in [-0.2, 0) is 0 Å². The zero-order chi connectivity index (χ0) is 7.65. The summed E-state index contributed by atoms with van der Waals surface area (Å²) in [6.45, 7) is 4.07. The van der Waals surface area contributed by atoms with Crippen molar-refractivity contribution in [3.63, 3.8) is 0 Å². The van der Waals surface area contributed by atoms with Crippen LogP contribution in [0.5, 0.6) is 0 Å². The van der Waals surface area contributed by atoms with Gasteiger partial charge in [0.2, 0.25) is 0 Å². The smallest absolute Gasteiger partial charge is 0.379 e. The molecule has 0 aromatic carbocycles. The summed E-state index contributed by atoms with van der Waals surface area (Å²) in [7, 11) is 0. The van der Waals surface area contributed by atoms with Gasteiger partial charge in [-0.05, 0) is 12.5 Å². The molecule has 1 nitrogen and oxygen atoms in total. The minimum Gasteiger partial charge on any atom is -0.379 e. The summed E-state index contributed by atoms with van der Waals surface area (Å²) in [5, 5.41) is 8.24. The molecule has 0 aliphatic rings. The fourth-order valence-electron chi connectivity index (χ4n) is 0.279. The van der Waals surface area contributed by atoms with Crippen molar-refractivity contribution < 1.29 is 18.3 Å². The van der Waals surface area contributed by atoms with Crippen LogP contribution in [0.4, 0.5) is 13.2 Å². The highest BCUT2D eigenvalue weighted by Gasteiger charge is 2.38. The molecule has 0 radical (unpaired) electrons. The summed E-state index contributed by atoms with van der Waals surface area (Å²) < 4.78 is 34.2. The van der Waals surface area contributed by atoms with Crippen LogP contribution in [-0.4, -0.2) is 17.4 Å². The number of alkyl halides is 3. The predicted molar refractivity (Wildman–Crippen MR) is 26.9 cm³/mol. The van der Waals surface area contributed by atoms with Crippen LogP contribution in [0.3, 0.4) is 0 Å². The highest BCUT2D eigenvalue weighted by atomic mass is 19.4. The molecule has 9 heavy (non-hydrogen) atoms. The molecule has 0 saturated heterocycles. The quantitative estimate of drug-likeness (QED) is 0.547. The van der Waals surface area contributed by atoms with Gasteiger partial charge >= 0.3 is 6.18 Å². The van der Waals surface area contributed by atoms with Gasteiger partial charge in [0.25, 0.3) is 0 Å². The first-order chi connectivity index (χ1) is 3.85. The van der Waals surface area contributed by atoms with E-state index in [1.807, 2.05) is 0 Å². The second kappa shape index (κ2) is 2.39. The fourth-order valence-corrected chi connectivity index (χ4v) is 0.279. The maximum atomic E-state index is 11.4. The van der Waals surface area contributed by atoms with E-state index in [-0.39, 0.29) is 5.57 Å². The van der Waals surface area contributed by atoms with Crippen LogP contribution in [0.15, 0.2) is 12.2 Å². The van der Waals surface area contributed by atoms with E-state index >= 15 is 0 Å². The van der Waals surface area contributed by atoms with Crippen molar-refractivity contribution in [2.24, 2.45) is 0 Å². The first-order valence-corrected chi connectivity index (χ1v) is 2.26. The van der Waals surface area contributed by atoms with E-state index in [9.17, 15) is 13.2 Å². The maximum absolute atomic E-state index is 11.4. The number of hydrogen-bond donors (Lipinski definition) is 1. The molecule has 0 rings (SSSR count). The Bertz CT molecular complexity index is 116. The van der Waals surface area contributed by atoms with Gasteiger partial charge in [0.15, 0.2) is 6.10 Å². The topological polar surface area (TPSA) is 20.2 Å².